The highest BCUT2D eigenvalue weighted by Crippen LogP contribution is 2.33. The quantitative estimate of drug-likeness (QED) is 0.326. The van der Waals surface area contributed by atoms with Crippen LogP contribution >= 0.6 is 23.2 Å². The van der Waals surface area contributed by atoms with Crippen LogP contribution in [-0.2, 0) is 18.5 Å². The average Bonchev–Trinajstić information content (AvgIpc) is 3.32. The summed E-state index contributed by atoms with van der Waals surface area (Å²) >= 11 is 12.1. The minimum Gasteiger partial charge on any atom is -0.505 e. The molecule has 4 aromatic rings. The third kappa shape index (κ3) is 5.84. The number of aromatic nitrogens is 3. The number of carbonyl (C=O) groups excluding carboxylic acids is 1. The van der Waals surface area contributed by atoms with Crippen molar-refractivity contribution in [2.24, 2.45) is 0 Å². The predicted octanol–water partition coefficient (Wildman–Crippen LogP) is 6.42. The summed E-state index contributed by atoms with van der Waals surface area (Å²) in [4.78, 5) is 19.5. The predicted molar refractivity (Wildman–Crippen MR) is 138 cm³/mol. The van der Waals surface area contributed by atoms with Crippen molar-refractivity contribution in [2.45, 2.75) is 39.3 Å². The van der Waals surface area contributed by atoms with Crippen LogP contribution in [0.15, 0.2) is 73.1 Å². The van der Waals surface area contributed by atoms with Gasteiger partial charge in [-0.3, -0.25) is 4.79 Å². The number of nitrogens with zero attached hydrogens (tertiary/aromatic N) is 4. The van der Waals surface area contributed by atoms with Crippen molar-refractivity contribution >= 4 is 29.1 Å². The lowest BCUT2D eigenvalue weighted by Crippen LogP contribution is -2.31. The highest BCUT2D eigenvalue weighted by molar-refractivity contribution is 6.37. The first kappa shape index (κ1) is 24.8. The molecule has 0 radical (unpaired) electrons. The third-order valence-corrected chi connectivity index (χ3v) is 6.22. The molecule has 0 saturated carbocycles. The van der Waals surface area contributed by atoms with E-state index < -0.39 is 0 Å². The molecule has 1 amide bonds. The molecule has 0 bridgehead atoms. The lowest BCUT2D eigenvalue weighted by molar-refractivity contribution is 0.0717. The molecule has 0 saturated heterocycles. The van der Waals surface area contributed by atoms with Crippen molar-refractivity contribution < 1.29 is 9.90 Å². The van der Waals surface area contributed by atoms with Crippen LogP contribution in [0.5, 0.6) is 5.75 Å². The van der Waals surface area contributed by atoms with Crippen molar-refractivity contribution in [2.75, 3.05) is 0 Å². The number of halogens is 2. The molecule has 1 aromatic heterocycles. The van der Waals surface area contributed by atoms with Crippen molar-refractivity contribution in [3.8, 4) is 11.4 Å². The Morgan fingerprint density at radius 2 is 1.51 bits per heavy atom. The highest BCUT2D eigenvalue weighted by atomic mass is 35.5. The summed E-state index contributed by atoms with van der Waals surface area (Å²) in [7, 11) is 0. The molecule has 3 aromatic carbocycles. The average molecular weight is 509 g/mol. The van der Waals surface area contributed by atoms with Gasteiger partial charge in [0.05, 0.1) is 15.7 Å². The van der Waals surface area contributed by atoms with E-state index in [0.29, 0.717) is 18.8 Å². The molecule has 0 fully saturated rings. The topological polar surface area (TPSA) is 71.2 Å². The van der Waals surface area contributed by atoms with E-state index in [2.05, 4.69) is 55.1 Å². The number of aromatic hydroxyl groups is 1. The Hall–Kier alpha value is -3.35. The lowest BCUT2D eigenvalue weighted by atomic mass is 9.87. The first-order valence-corrected chi connectivity index (χ1v) is 11.9. The molecule has 0 unspecified atom stereocenters. The molecule has 8 heteroatoms. The summed E-state index contributed by atoms with van der Waals surface area (Å²) in [6.07, 6.45) is 1.42. The number of hydrogen-bond donors (Lipinski definition) is 1. The fraction of sp³-hybridized carbons (Fsp3) is 0.222. The largest absolute Gasteiger partial charge is 0.505 e. The molecule has 0 aliphatic heterocycles. The number of benzene rings is 3. The minimum absolute atomic E-state index is 0.0487. The first-order valence-electron chi connectivity index (χ1n) is 11.1. The van der Waals surface area contributed by atoms with Crippen LogP contribution in [-0.4, -0.2) is 30.7 Å². The van der Waals surface area contributed by atoms with Crippen molar-refractivity contribution in [3.63, 3.8) is 0 Å². The molecule has 6 nitrogen and oxygen atoms in total. The monoisotopic (exact) mass is 508 g/mol. The maximum atomic E-state index is 13.5. The molecule has 35 heavy (non-hydrogen) atoms. The normalized spacial score (nSPS) is 11.5. The van der Waals surface area contributed by atoms with Gasteiger partial charge in [-0.2, -0.15) is 0 Å². The fourth-order valence-corrected chi connectivity index (χ4v) is 4.12. The van der Waals surface area contributed by atoms with E-state index in [1.807, 2.05) is 30.3 Å². The molecule has 4 rings (SSSR count). The van der Waals surface area contributed by atoms with E-state index >= 15 is 0 Å². The molecule has 0 aliphatic rings. The van der Waals surface area contributed by atoms with Crippen LogP contribution < -0.4 is 0 Å². The van der Waals surface area contributed by atoms with Gasteiger partial charge in [-0.25, -0.2) is 9.67 Å². The smallest absolute Gasteiger partial charge is 0.294 e. The van der Waals surface area contributed by atoms with Gasteiger partial charge >= 0.3 is 0 Å². The van der Waals surface area contributed by atoms with Gasteiger partial charge in [-0.05, 0) is 34.2 Å². The number of carbonyl (C=O) groups is 1. The Balaban J connectivity index is 1.61. The van der Waals surface area contributed by atoms with Gasteiger partial charge < -0.3 is 10.0 Å². The molecule has 0 spiro atoms. The summed E-state index contributed by atoms with van der Waals surface area (Å²) in [6.45, 7) is 7.33. The molecule has 1 N–H and O–H groups in total. The van der Waals surface area contributed by atoms with Gasteiger partial charge in [0.25, 0.3) is 5.91 Å². The van der Waals surface area contributed by atoms with Gasteiger partial charge in [-0.15, -0.1) is 5.10 Å². The van der Waals surface area contributed by atoms with Crippen LogP contribution in [0.2, 0.25) is 10.0 Å². The number of phenols is 1. The van der Waals surface area contributed by atoms with Crippen LogP contribution in [0.1, 0.15) is 48.1 Å². The summed E-state index contributed by atoms with van der Waals surface area (Å²) in [5.41, 5.74) is 3.78. The fourth-order valence-electron chi connectivity index (χ4n) is 3.65. The van der Waals surface area contributed by atoms with Gasteiger partial charge in [0.2, 0.25) is 5.82 Å². The number of phenolic OH excluding ortho intramolecular Hbond substituents is 1. The van der Waals surface area contributed by atoms with E-state index in [9.17, 15) is 9.90 Å². The Labute approximate surface area is 214 Å². The number of rotatable bonds is 6. The summed E-state index contributed by atoms with van der Waals surface area (Å²) in [5, 5.41) is 14.3. The second-order valence-electron chi connectivity index (χ2n) is 9.36. The van der Waals surface area contributed by atoms with Crippen molar-refractivity contribution in [1.29, 1.82) is 0 Å². The zero-order valence-electron chi connectivity index (χ0n) is 19.7. The lowest BCUT2D eigenvalue weighted by Gasteiger charge is -2.23. The van der Waals surface area contributed by atoms with E-state index in [4.69, 9.17) is 23.2 Å². The van der Waals surface area contributed by atoms with E-state index in [0.717, 1.165) is 11.1 Å². The second kappa shape index (κ2) is 10.1. The van der Waals surface area contributed by atoms with Gasteiger partial charge in [0, 0.05) is 13.1 Å². The SMILES string of the molecule is CC(C)(C)c1ccc(CN(Cc2ccccc2)C(=O)c2ncn(-c3cc(Cl)c(O)c(Cl)c3)n2)cc1. The van der Waals surface area contributed by atoms with Gasteiger partial charge in [0.15, 0.2) is 5.75 Å². The number of amides is 1. The van der Waals surface area contributed by atoms with Crippen LogP contribution in [0.25, 0.3) is 5.69 Å². The molecular weight excluding hydrogens is 483 g/mol. The Bertz CT molecular complexity index is 1310. The summed E-state index contributed by atoms with van der Waals surface area (Å²) < 4.78 is 1.41. The van der Waals surface area contributed by atoms with Crippen LogP contribution in [0.4, 0.5) is 0 Å². The zero-order valence-corrected chi connectivity index (χ0v) is 21.3. The van der Waals surface area contributed by atoms with Crippen molar-refractivity contribution in [1.82, 2.24) is 19.7 Å². The summed E-state index contributed by atoms with van der Waals surface area (Å²) in [6, 6.07) is 21.1. The Kier molecular flexibility index (Phi) is 7.15. The van der Waals surface area contributed by atoms with Gasteiger partial charge in [-0.1, -0.05) is 98.6 Å². The number of hydrogen-bond acceptors (Lipinski definition) is 4. The maximum Gasteiger partial charge on any atom is 0.294 e. The Morgan fingerprint density at radius 3 is 2.09 bits per heavy atom. The van der Waals surface area contributed by atoms with Crippen molar-refractivity contribution in [3.05, 3.63) is 106 Å². The van der Waals surface area contributed by atoms with E-state index in [1.165, 1.54) is 28.7 Å². The van der Waals surface area contributed by atoms with Gasteiger partial charge in [0.1, 0.15) is 6.33 Å². The molecule has 0 atom stereocenters. The maximum absolute atomic E-state index is 13.5. The molecule has 0 aliphatic carbocycles. The standard InChI is InChI=1S/C27H26Cl2N4O2/c1-27(2,3)20-11-9-19(10-12-20)16-32(15-18-7-5-4-6-8-18)26(35)25-30-17-33(31-25)21-13-22(28)24(34)23(29)14-21/h4-14,17,34H,15-16H2,1-3H3. The third-order valence-electron chi connectivity index (χ3n) is 5.65. The van der Waals surface area contributed by atoms with E-state index in [1.54, 1.807) is 4.90 Å². The first-order chi connectivity index (χ1) is 16.6. The molecule has 180 valence electrons. The second-order valence-corrected chi connectivity index (χ2v) is 10.2. The minimum atomic E-state index is -0.302. The highest BCUT2D eigenvalue weighted by Gasteiger charge is 2.22. The summed E-state index contributed by atoms with van der Waals surface area (Å²) in [5.74, 6) is -0.462. The van der Waals surface area contributed by atoms with Crippen LogP contribution in [0.3, 0.4) is 0 Å². The van der Waals surface area contributed by atoms with Crippen LogP contribution in [0, 0.1) is 0 Å². The molecular formula is C27H26Cl2N4O2. The molecule has 1 heterocycles. The van der Waals surface area contributed by atoms with E-state index in [-0.39, 0.29) is 32.9 Å². The Morgan fingerprint density at radius 1 is 0.943 bits per heavy atom. The zero-order chi connectivity index (χ0) is 25.2.